The van der Waals surface area contributed by atoms with Gasteiger partial charge in [0.2, 0.25) is 0 Å². The van der Waals surface area contributed by atoms with E-state index in [2.05, 4.69) is 22.4 Å². The Morgan fingerprint density at radius 3 is 2.67 bits per heavy atom. The number of rotatable bonds is 4. The van der Waals surface area contributed by atoms with Crippen molar-refractivity contribution < 1.29 is 0 Å². The van der Waals surface area contributed by atoms with Crippen LogP contribution in [0.25, 0.3) is 0 Å². The van der Waals surface area contributed by atoms with Crippen LogP contribution < -0.4 is 5.73 Å². The molecule has 0 aliphatic heterocycles. The highest BCUT2D eigenvalue weighted by atomic mass is 15.4. The van der Waals surface area contributed by atoms with Crippen LogP contribution in [0.1, 0.15) is 11.3 Å². The third-order valence-electron chi connectivity index (χ3n) is 2.27. The van der Waals surface area contributed by atoms with Crippen molar-refractivity contribution in [1.82, 2.24) is 15.0 Å². The molecule has 78 valence electrons. The highest BCUT2D eigenvalue weighted by Gasteiger charge is 1.98. The van der Waals surface area contributed by atoms with Crippen LogP contribution in [0.15, 0.2) is 36.5 Å². The summed E-state index contributed by atoms with van der Waals surface area (Å²) in [7, 11) is 0. The van der Waals surface area contributed by atoms with E-state index < -0.39 is 0 Å². The van der Waals surface area contributed by atoms with E-state index in [0.717, 1.165) is 18.7 Å². The Morgan fingerprint density at radius 2 is 2.00 bits per heavy atom. The standard InChI is InChI=1S/C11H14N4/c12-8-11-9-15(14-13-11)7-6-10-4-2-1-3-5-10/h1-5,9H,6-8,12H2. The number of hydrogen-bond donors (Lipinski definition) is 1. The van der Waals surface area contributed by atoms with Gasteiger partial charge in [0.25, 0.3) is 0 Å². The molecule has 0 aliphatic carbocycles. The molecular formula is C11H14N4. The topological polar surface area (TPSA) is 56.7 Å². The minimum absolute atomic E-state index is 0.450. The zero-order valence-electron chi connectivity index (χ0n) is 8.50. The molecule has 0 saturated heterocycles. The molecule has 0 saturated carbocycles. The molecule has 0 bridgehead atoms. The first kappa shape index (κ1) is 9.86. The number of nitrogens with two attached hydrogens (primary N) is 1. The van der Waals surface area contributed by atoms with Crippen molar-refractivity contribution in [3.63, 3.8) is 0 Å². The largest absolute Gasteiger partial charge is 0.325 e. The summed E-state index contributed by atoms with van der Waals surface area (Å²) in [6, 6.07) is 10.3. The molecule has 2 aromatic rings. The molecule has 0 spiro atoms. The summed E-state index contributed by atoms with van der Waals surface area (Å²) in [5.74, 6) is 0. The maximum Gasteiger partial charge on any atom is 0.0962 e. The van der Waals surface area contributed by atoms with Gasteiger partial charge in [-0.25, -0.2) is 0 Å². The fourth-order valence-corrected chi connectivity index (χ4v) is 1.43. The van der Waals surface area contributed by atoms with Crippen LogP contribution in [0.4, 0.5) is 0 Å². The molecule has 1 aromatic heterocycles. The average molecular weight is 202 g/mol. The van der Waals surface area contributed by atoms with E-state index in [0.29, 0.717) is 6.54 Å². The third-order valence-corrected chi connectivity index (χ3v) is 2.27. The molecule has 0 atom stereocenters. The van der Waals surface area contributed by atoms with Gasteiger partial charge in [-0.1, -0.05) is 35.5 Å². The molecule has 0 unspecified atom stereocenters. The summed E-state index contributed by atoms with van der Waals surface area (Å²) >= 11 is 0. The summed E-state index contributed by atoms with van der Waals surface area (Å²) in [5.41, 5.74) is 7.60. The Morgan fingerprint density at radius 1 is 1.20 bits per heavy atom. The minimum Gasteiger partial charge on any atom is -0.325 e. The SMILES string of the molecule is NCc1cn(CCc2ccccc2)nn1. The molecule has 4 nitrogen and oxygen atoms in total. The van der Waals surface area contributed by atoms with Gasteiger partial charge in [0.1, 0.15) is 0 Å². The lowest BCUT2D eigenvalue weighted by Gasteiger charge is -2.00. The van der Waals surface area contributed by atoms with Crippen molar-refractivity contribution in [3.8, 4) is 0 Å². The maximum atomic E-state index is 5.45. The zero-order chi connectivity index (χ0) is 10.5. The Hall–Kier alpha value is -1.68. The Labute approximate surface area is 88.7 Å². The van der Waals surface area contributed by atoms with Gasteiger partial charge >= 0.3 is 0 Å². The quantitative estimate of drug-likeness (QED) is 0.804. The van der Waals surface area contributed by atoms with Gasteiger partial charge in [0.15, 0.2) is 0 Å². The molecule has 0 amide bonds. The lowest BCUT2D eigenvalue weighted by molar-refractivity contribution is 0.589. The van der Waals surface area contributed by atoms with Crippen LogP contribution in [0.3, 0.4) is 0 Å². The summed E-state index contributed by atoms with van der Waals surface area (Å²) in [6.45, 7) is 1.29. The van der Waals surface area contributed by atoms with Crippen molar-refractivity contribution in [1.29, 1.82) is 0 Å². The van der Waals surface area contributed by atoms with Gasteiger partial charge in [-0.2, -0.15) is 0 Å². The van der Waals surface area contributed by atoms with Crippen LogP contribution in [0.5, 0.6) is 0 Å². The van der Waals surface area contributed by atoms with Crippen molar-refractivity contribution in [2.24, 2.45) is 5.73 Å². The highest BCUT2D eigenvalue weighted by Crippen LogP contribution is 2.01. The molecule has 1 aromatic carbocycles. The van der Waals surface area contributed by atoms with Crippen LogP contribution in [0, 0.1) is 0 Å². The minimum atomic E-state index is 0.450. The van der Waals surface area contributed by atoms with Gasteiger partial charge in [0.05, 0.1) is 5.69 Å². The number of aromatic nitrogens is 3. The monoisotopic (exact) mass is 202 g/mol. The molecule has 0 radical (unpaired) electrons. The molecular weight excluding hydrogens is 188 g/mol. The predicted octanol–water partition coefficient (Wildman–Crippen LogP) is 0.979. The fraction of sp³-hybridized carbons (Fsp3) is 0.273. The lowest BCUT2D eigenvalue weighted by atomic mass is 10.1. The molecule has 0 aliphatic rings. The molecule has 1 heterocycles. The second kappa shape index (κ2) is 4.70. The van der Waals surface area contributed by atoms with E-state index in [1.807, 2.05) is 29.1 Å². The van der Waals surface area contributed by atoms with E-state index in [9.17, 15) is 0 Å². The van der Waals surface area contributed by atoms with E-state index in [4.69, 9.17) is 5.73 Å². The van der Waals surface area contributed by atoms with Crippen LogP contribution in [0.2, 0.25) is 0 Å². The van der Waals surface area contributed by atoms with Gasteiger partial charge in [-0.05, 0) is 12.0 Å². The maximum absolute atomic E-state index is 5.45. The Bertz CT molecular complexity index is 408. The Kier molecular flexibility index (Phi) is 3.09. The molecule has 0 fully saturated rings. The number of hydrogen-bond acceptors (Lipinski definition) is 3. The van der Waals surface area contributed by atoms with Crippen LogP contribution in [-0.2, 0) is 19.5 Å². The molecule has 15 heavy (non-hydrogen) atoms. The summed E-state index contributed by atoms with van der Waals surface area (Å²) in [6.07, 6.45) is 2.86. The van der Waals surface area contributed by atoms with E-state index in [1.165, 1.54) is 5.56 Å². The highest BCUT2D eigenvalue weighted by molar-refractivity contribution is 5.14. The second-order valence-electron chi connectivity index (χ2n) is 3.41. The van der Waals surface area contributed by atoms with Crippen molar-refractivity contribution in [3.05, 3.63) is 47.8 Å². The summed E-state index contributed by atoms with van der Waals surface area (Å²) in [5, 5.41) is 7.92. The molecule has 4 heteroatoms. The predicted molar refractivity (Wildman–Crippen MR) is 58.1 cm³/mol. The number of benzene rings is 1. The van der Waals surface area contributed by atoms with Crippen LogP contribution >= 0.6 is 0 Å². The van der Waals surface area contributed by atoms with Crippen LogP contribution in [-0.4, -0.2) is 15.0 Å². The second-order valence-corrected chi connectivity index (χ2v) is 3.41. The van der Waals surface area contributed by atoms with Gasteiger partial charge in [-0.15, -0.1) is 5.10 Å². The first-order valence-electron chi connectivity index (χ1n) is 5.01. The van der Waals surface area contributed by atoms with E-state index >= 15 is 0 Å². The smallest absolute Gasteiger partial charge is 0.0962 e. The Balaban J connectivity index is 1.93. The van der Waals surface area contributed by atoms with Crippen molar-refractivity contribution in [2.45, 2.75) is 19.5 Å². The first-order valence-corrected chi connectivity index (χ1v) is 5.01. The normalized spacial score (nSPS) is 10.5. The van der Waals surface area contributed by atoms with E-state index in [-0.39, 0.29) is 0 Å². The number of nitrogens with zero attached hydrogens (tertiary/aromatic N) is 3. The van der Waals surface area contributed by atoms with Gasteiger partial charge in [0, 0.05) is 19.3 Å². The molecule has 2 N–H and O–H groups in total. The summed E-state index contributed by atoms with van der Waals surface area (Å²) in [4.78, 5) is 0. The van der Waals surface area contributed by atoms with E-state index in [1.54, 1.807) is 0 Å². The van der Waals surface area contributed by atoms with Gasteiger partial charge in [-0.3, -0.25) is 4.68 Å². The number of aryl methyl sites for hydroxylation is 2. The van der Waals surface area contributed by atoms with Crippen molar-refractivity contribution >= 4 is 0 Å². The average Bonchev–Trinajstić information content (AvgIpc) is 2.76. The zero-order valence-corrected chi connectivity index (χ0v) is 8.50. The van der Waals surface area contributed by atoms with Gasteiger partial charge < -0.3 is 5.73 Å². The van der Waals surface area contributed by atoms with Crippen molar-refractivity contribution in [2.75, 3.05) is 0 Å². The third kappa shape index (κ3) is 2.63. The first-order chi connectivity index (χ1) is 7.38. The molecule has 2 rings (SSSR count). The lowest BCUT2D eigenvalue weighted by Crippen LogP contribution is -2.02. The fourth-order valence-electron chi connectivity index (χ4n) is 1.43. The summed E-state index contributed by atoms with van der Waals surface area (Å²) < 4.78 is 1.83.